The summed E-state index contributed by atoms with van der Waals surface area (Å²) in [5.74, 6) is 0.726. The van der Waals surface area contributed by atoms with Gasteiger partial charge in [0.25, 0.3) is 0 Å². The molecule has 1 fully saturated rings. The lowest BCUT2D eigenvalue weighted by Gasteiger charge is -2.23. The highest BCUT2D eigenvalue weighted by Gasteiger charge is 2.13. The maximum absolute atomic E-state index is 9.53. The number of aromatic nitrogens is 1. The minimum atomic E-state index is 0.0532. The number of para-hydroxylation sites is 1. The van der Waals surface area contributed by atoms with Gasteiger partial charge in [0, 0.05) is 17.6 Å². The highest BCUT2D eigenvalue weighted by Crippen LogP contribution is 2.26. The number of nitrogens with one attached hydrogen (secondary N) is 2. The van der Waals surface area contributed by atoms with Crippen LogP contribution in [0.1, 0.15) is 24.1 Å². The zero-order valence-electron chi connectivity index (χ0n) is 12.5. The molecule has 1 aromatic heterocycles. The third kappa shape index (κ3) is 3.17. The molecular weight excluding hydrogens is 262 g/mol. The highest BCUT2D eigenvalue weighted by atomic mass is 16.3. The van der Waals surface area contributed by atoms with E-state index in [0.29, 0.717) is 0 Å². The standard InChI is InChI=1S/C17H23N3O/c1-12-9-14(11-21)15-3-2-4-16(17(15)20-12)19-10-13-5-7-18-8-6-13/h2-4,9,13,18-19,21H,5-8,10-11H2,1H3. The van der Waals surface area contributed by atoms with Crippen molar-refractivity contribution in [1.29, 1.82) is 0 Å². The van der Waals surface area contributed by atoms with Crippen molar-refractivity contribution in [2.24, 2.45) is 5.92 Å². The van der Waals surface area contributed by atoms with E-state index in [1.807, 2.05) is 25.1 Å². The van der Waals surface area contributed by atoms with Crippen LogP contribution in [0, 0.1) is 12.8 Å². The van der Waals surface area contributed by atoms with Gasteiger partial charge in [0.1, 0.15) is 0 Å². The van der Waals surface area contributed by atoms with Gasteiger partial charge in [-0.05, 0) is 56.5 Å². The molecule has 3 rings (SSSR count). The Labute approximate surface area is 125 Å². The average Bonchev–Trinajstić information content (AvgIpc) is 2.53. The van der Waals surface area contributed by atoms with Gasteiger partial charge in [-0.25, -0.2) is 0 Å². The Morgan fingerprint density at radius 3 is 2.90 bits per heavy atom. The van der Waals surface area contributed by atoms with Crippen molar-refractivity contribution in [2.75, 3.05) is 25.0 Å². The SMILES string of the molecule is Cc1cc(CO)c2cccc(NCC3CCNCC3)c2n1. The summed E-state index contributed by atoms with van der Waals surface area (Å²) in [6, 6.07) is 8.10. The second-order valence-corrected chi connectivity index (χ2v) is 5.86. The van der Waals surface area contributed by atoms with Crippen molar-refractivity contribution >= 4 is 16.6 Å². The summed E-state index contributed by atoms with van der Waals surface area (Å²) in [5.41, 5.74) is 3.94. The van der Waals surface area contributed by atoms with Crippen LogP contribution in [0.15, 0.2) is 24.3 Å². The number of piperidine rings is 1. The van der Waals surface area contributed by atoms with Gasteiger partial charge in [-0.15, -0.1) is 0 Å². The van der Waals surface area contributed by atoms with Crippen molar-refractivity contribution < 1.29 is 5.11 Å². The van der Waals surface area contributed by atoms with Crippen LogP contribution in [0.5, 0.6) is 0 Å². The Hall–Kier alpha value is -1.65. The lowest BCUT2D eigenvalue weighted by molar-refractivity contribution is 0.283. The normalized spacial score (nSPS) is 16.3. The van der Waals surface area contributed by atoms with Crippen LogP contribution in [0.25, 0.3) is 10.9 Å². The quantitative estimate of drug-likeness (QED) is 0.807. The van der Waals surface area contributed by atoms with E-state index < -0.39 is 0 Å². The Balaban J connectivity index is 1.86. The zero-order valence-corrected chi connectivity index (χ0v) is 12.5. The molecule has 0 saturated carbocycles. The number of anilines is 1. The average molecular weight is 285 g/mol. The number of aryl methyl sites for hydroxylation is 1. The first-order chi connectivity index (χ1) is 10.3. The van der Waals surface area contributed by atoms with Crippen LogP contribution in [-0.4, -0.2) is 29.7 Å². The molecule has 4 nitrogen and oxygen atoms in total. The molecule has 4 heteroatoms. The molecular formula is C17H23N3O. The van der Waals surface area contributed by atoms with E-state index in [1.54, 1.807) is 0 Å². The molecule has 0 atom stereocenters. The van der Waals surface area contributed by atoms with Crippen LogP contribution in [0.2, 0.25) is 0 Å². The fraction of sp³-hybridized carbons (Fsp3) is 0.471. The molecule has 1 saturated heterocycles. The van der Waals surface area contributed by atoms with Crippen molar-refractivity contribution in [1.82, 2.24) is 10.3 Å². The van der Waals surface area contributed by atoms with Gasteiger partial charge >= 0.3 is 0 Å². The van der Waals surface area contributed by atoms with E-state index in [-0.39, 0.29) is 6.61 Å². The second-order valence-electron chi connectivity index (χ2n) is 5.86. The molecule has 0 amide bonds. The summed E-state index contributed by atoms with van der Waals surface area (Å²) in [5, 5.41) is 17.5. The van der Waals surface area contributed by atoms with Gasteiger partial charge in [-0.1, -0.05) is 12.1 Å². The zero-order chi connectivity index (χ0) is 14.7. The Morgan fingerprint density at radius 1 is 1.33 bits per heavy atom. The van der Waals surface area contributed by atoms with Gasteiger partial charge in [-0.3, -0.25) is 4.98 Å². The van der Waals surface area contributed by atoms with Gasteiger partial charge in [-0.2, -0.15) is 0 Å². The Morgan fingerprint density at radius 2 is 2.14 bits per heavy atom. The number of aliphatic hydroxyl groups is 1. The number of rotatable bonds is 4. The van der Waals surface area contributed by atoms with Gasteiger partial charge in [0.15, 0.2) is 0 Å². The fourth-order valence-electron chi connectivity index (χ4n) is 3.08. The summed E-state index contributed by atoms with van der Waals surface area (Å²) in [6.45, 7) is 5.26. The van der Waals surface area contributed by atoms with E-state index in [2.05, 4.69) is 21.7 Å². The Kier molecular flexibility index (Phi) is 4.36. The van der Waals surface area contributed by atoms with Gasteiger partial charge in [0.05, 0.1) is 17.8 Å². The topological polar surface area (TPSA) is 57.2 Å². The number of pyridine rings is 1. The molecule has 2 aromatic rings. The van der Waals surface area contributed by atoms with E-state index in [0.717, 1.165) is 53.4 Å². The van der Waals surface area contributed by atoms with Gasteiger partial charge in [0.2, 0.25) is 0 Å². The number of benzene rings is 1. The van der Waals surface area contributed by atoms with E-state index in [9.17, 15) is 5.11 Å². The molecule has 0 unspecified atom stereocenters. The van der Waals surface area contributed by atoms with Crippen LogP contribution in [0.4, 0.5) is 5.69 Å². The summed E-state index contributed by atoms with van der Waals surface area (Å²) in [7, 11) is 0. The van der Waals surface area contributed by atoms with Crippen LogP contribution in [-0.2, 0) is 6.61 Å². The van der Waals surface area contributed by atoms with E-state index in [1.165, 1.54) is 12.8 Å². The first kappa shape index (κ1) is 14.3. The molecule has 21 heavy (non-hydrogen) atoms. The minimum absolute atomic E-state index is 0.0532. The van der Waals surface area contributed by atoms with Crippen LogP contribution < -0.4 is 10.6 Å². The number of aliphatic hydroxyl groups excluding tert-OH is 1. The number of hydrogen-bond donors (Lipinski definition) is 3. The molecule has 0 spiro atoms. The molecule has 1 aromatic carbocycles. The van der Waals surface area contributed by atoms with Crippen molar-refractivity contribution in [3.63, 3.8) is 0 Å². The van der Waals surface area contributed by atoms with Crippen molar-refractivity contribution in [2.45, 2.75) is 26.4 Å². The monoisotopic (exact) mass is 285 g/mol. The maximum Gasteiger partial charge on any atom is 0.0940 e. The highest BCUT2D eigenvalue weighted by molar-refractivity contribution is 5.92. The van der Waals surface area contributed by atoms with Gasteiger partial charge < -0.3 is 15.7 Å². The van der Waals surface area contributed by atoms with Crippen LogP contribution in [0.3, 0.4) is 0 Å². The summed E-state index contributed by atoms with van der Waals surface area (Å²) in [4.78, 5) is 4.66. The Bertz CT molecular complexity index is 621. The lowest BCUT2D eigenvalue weighted by Crippen LogP contribution is -2.31. The lowest BCUT2D eigenvalue weighted by atomic mass is 9.98. The molecule has 0 radical (unpaired) electrons. The van der Waals surface area contributed by atoms with E-state index >= 15 is 0 Å². The molecule has 1 aliphatic heterocycles. The maximum atomic E-state index is 9.53. The molecule has 1 aliphatic rings. The third-order valence-corrected chi connectivity index (χ3v) is 4.26. The number of fused-ring (bicyclic) bond motifs is 1. The molecule has 0 bridgehead atoms. The largest absolute Gasteiger partial charge is 0.392 e. The minimum Gasteiger partial charge on any atom is -0.392 e. The number of hydrogen-bond acceptors (Lipinski definition) is 4. The first-order valence-electron chi connectivity index (χ1n) is 7.72. The van der Waals surface area contributed by atoms with Crippen LogP contribution >= 0.6 is 0 Å². The van der Waals surface area contributed by atoms with Crippen molar-refractivity contribution in [3.05, 3.63) is 35.5 Å². The fourth-order valence-corrected chi connectivity index (χ4v) is 3.08. The number of nitrogens with zero attached hydrogens (tertiary/aromatic N) is 1. The summed E-state index contributed by atoms with van der Waals surface area (Å²) in [6.07, 6.45) is 2.46. The smallest absolute Gasteiger partial charge is 0.0940 e. The first-order valence-corrected chi connectivity index (χ1v) is 7.72. The molecule has 3 N–H and O–H groups in total. The molecule has 2 heterocycles. The predicted octanol–water partition coefficient (Wildman–Crippen LogP) is 2.45. The third-order valence-electron chi connectivity index (χ3n) is 4.26. The second kappa shape index (κ2) is 6.41. The summed E-state index contributed by atoms with van der Waals surface area (Å²) < 4.78 is 0. The van der Waals surface area contributed by atoms with E-state index in [4.69, 9.17) is 0 Å². The predicted molar refractivity (Wildman–Crippen MR) is 86.5 cm³/mol. The molecule has 0 aliphatic carbocycles. The molecule has 112 valence electrons. The summed E-state index contributed by atoms with van der Waals surface area (Å²) >= 11 is 0. The van der Waals surface area contributed by atoms with Crippen molar-refractivity contribution in [3.8, 4) is 0 Å².